The number of nitrogens with two attached hydrogens (primary N) is 1. The van der Waals surface area contributed by atoms with Gasteiger partial charge in [0.2, 0.25) is 0 Å². The second-order valence-electron chi connectivity index (χ2n) is 3.06. The zero-order valence-electron chi connectivity index (χ0n) is 8.30. The number of rotatable bonds is 3. The Hall–Kier alpha value is -1.07. The summed E-state index contributed by atoms with van der Waals surface area (Å²) in [6.07, 6.45) is 3.60. The van der Waals surface area contributed by atoms with Gasteiger partial charge in [-0.1, -0.05) is 0 Å². The number of pyridine rings is 1. The first-order valence-corrected chi connectivity index (χ1v) is 6.30. The SMILES string of the molecule is Cc1ncc(CSc2ccc(N)cn2)s1. The highest BCUT2D eigenvalue weighted by Crippen LogP contribution is 2.24. The van der Waals surface area contributed by atoms with Gasteiger partial charge in [0.05, 0.1) is 21.9 Å². The molecule has 0 aliphatic heterocycles. The van der Waals surface area contributed by atoms with Crippen LogP contribution in [0.15, 0.2) is 29.6 Å². The zero-order chi connectivity index (χ0) is 10.7. The summed E-state index contributed by atoms with van der Waals surface area (Å²) < 4.78 is 0. The lowest BCUT2D eigenvalue weighted by molar-refractivity contribution is 1.14. The lowest BCUT2D eigenvalue weighted by atomic mass is 10.4. The quantitative estimate of drug-likeness (QED) is 0.834. The Morgan fingerprint density at radius 3 is 2.80 bits per heavy atom. The van der Waals surface area contributed by atoms with Crippen LogP contribution in [0.1, 0.15) is 9.88 Å². The molecule has 0 aromatic carbocycles. The molecule has 0 aliphatic carbocycles. The molecule has 2 heterocycles. The normalized spacial score (nSPS) is 10.5. The van der Waals surface area contributed by atoms with Crippen molar-refractivity contribution >= 4 is 28.8 Å². The Kier molecular flexibility index (Phi) is 3.23. The van der Waals surface area contributed by atoms with Gasteiger partial charge in [0.15, 0.2) is 0 Å². The Balaban J connectivity index is 1.96. The highest BCUT2D eigenvalue weighted by Gasteiger charge is 2.00. The Labute approximate surface area is 96.8 Å². The van der Waals surface area contributed by atoms with Crippen molar-refractivity contribution in [2.75, 3.05) is 5.73 Å². The molecule has 0 fully saturated rings. The fourth-order valence-electron chi connectivity index (χ4n) is 1.09. The van der Waals surface area contributed by atoms with E-state index in [1.54, 1.807) is 29.3 Å². The van der Waals surface area contributed by atoms with Crippen LogP contribution in [0.3, 0.4) is 0 Å². The Bertz CT molecular complexity index is 436. The minimum absolute atomic E-state index is 0.702. The van der Waals surface area contributed by atoms with Gasteiger partial charge in [0, 0.05) is 16.8 Å². The Morgan fingerprint density at radius 2 is 2.20 bits per heavy atom. The molecule has 0 bridgehead atoms. The van der Waals surface area contributed by atoms with E-state index < -0.39 is 0 Å². The van der Waals surface area contributed by atoms with E-state index in [0.29, 0.717) is 5.69 Å². The van der Waals surface area contributed by atoms with Gasteiger partial charge in [-0.15, -0.1) is 23.1 Å². The van der Waals surface area contributed by atoms with Gasteiger partial charge in [0.1, 0.15) is 0 Å². The van der Waals surface area contributed by atoms with Crippen LogP contribution >= 0.6 is 23.1 Å². The van der Waals surface area contributed by atoms with Crippen LogP contribution in [0.4, 0.5) is 5.69 Å². The molecule has 0 spiro atoms. The molecule has 2 aromatic rings. The molecule has 0 unspecified atom stereocenters. The van der Waals surface area contributed by atoms with Crippen LogP contribution in [0.25, 0.3) is 0 Å². The zero-order valence-corrected chi connectivity index (χ0v) is 9.94. The van der Waals surface area contributed by atoms with Gasteiger partial charge in [-0.05, 0) is 19.1 Å². The van der Waals surface area contributed by atoms with Crippen molar-refractivity contribution in [2.24, 2.45) is 0 Å². The van der Waals surface area contributed by atoms with Crippen molar-refractivity contribution in [3.63, 3.8) is 0 Å². The fraction of sp³-hybridized carbons (Fsp3) is 0.200. The van der Waals surface area contributed by atoms with E-state index in [-0.39, 0.29) is 0 Å². The molecule has 3 nitrogen and oxygen atoms in total. The van der Waals surface area contributed by atoms with Crippen molar-refractivity contribution in [3.05, 3.63) is 34.4 Å². The maximum Gasteiger partial charge on any atom is 0.0964 e. The van der Waals surface area contributed by atoms with E-state index in [0.717, 1.165) is 15.8 Å². The third-order valence-corrected chi connectivity index (χ3v) is 3.88. The van der Waals surface area contributed by atoms with Crippen LogP contribution in [-0.2, 0) is 5.75 Å². The molecular formula is C10H11N3S2. The van der Waals surface area contributed by atoms with Crippen LogP contribution in [0.2, 0.25) is 0 Å². The first-order valence-electron chi connectivity index (χ1n) is 4.49. The maximum atomic E-state index is 5.56. The standard InChI is InChI=1S/C10H11N3S2/c1-7-12-5-9(15-7)6-14-10-3-2-8(11)4-13-10/h2-5H,6,11H2,1H3. The van der Waals surface area contributed by atoms with E-state index in [4.69, 9.17) is 5.73 Å². The monoisotopic (exact) mass is 237 g/mol. The van der Waals surface area contributed by atoms with Crippen LogP contribution in [-0.4, -0.2) is 9.97 Å². The minimum atomic E-state index is 0.702. The van der Waals surface area contributed by atoms with E-state index >= 15 is 0 Å². The number of nitrogens with zero attached hydrogens (tertiary/aromatic N) is 2. The molecule has 0 saturated carbocycles. The number of thiazole rings is 1. The number of nitrogen functional groups attached to an aromatic ring is 1. The lowest BCUT2D eigenvalue weighted by Crippen LogP contribution is -1.86. The summed E-state index contributed by atoms with van der Waals surface area (Å²) in [6.45, 7) is 2.01. The maximum absolute atomic E-state index is 5.56. The number of aryl methyl sites for hydroxylation is 1. The molecule has 0 amide bonds. The highest BCUT2D eigenvalue weighted by molar-refractivity contribution is 7.98. The third-order valence-electron chi connectivity index (χ3n) is 1.79. The van der Waals surface area contributed by atoms with Gasteiger partial charge in [-0.3, -0.25) is 0 Å². The topological polar surface area (TPSA) is 51.8 Å². The van der Waals surface area contributed by atoms with E-state index in [1.165, 1.54) is 4.88 Å². The van der Waals surface area contributed by atoms with Crippen molar-refractivity contribution in [3.8, 4) is 0 Å². The molecule has 78 valence electrons. The fourth-order valence-corrected chi connectivity index (χ4v) is 2.75. The number of aromatic nitrogens is 2. The van der Waals surface area contributed by atoms with Crippen molar-refractivity contribution in [1.82, 2.24) is 9.97 Å². The summed E-state index contributed by atoms with van der Waals surface area (Å²) in [4.78, 5) is 9.70. The van der Waals surface area contributed by atoms with Crippen LogP contribution in [0, 0.1) is 6.92 Å². The van der Waals surface area contributed by atoms with E-state index in [9.17, 15) is 0 Å². The minimum Gasteiger partial charge on any atom is -0.397 e. The van der Waals surface area contributed by atoms with Gasteiger partial charge >= 0.3 is 0 Å². The third kappa shape index (κ3) is 2.94. The summed E-state index contributed by atoms with van der Waals surface area (Å²) in [5, 5.41) is 2.10. The average molecular weight is 237 g/mol. The number of hydrogen-bond acceptors (Lipinski definition) is 5. The second-order valence-corrected chi connectivity index (χ2v) is 5.38. The Morgan fingerprint density at radius 1 is 1.33 bits per heavy atom. The smallest absolute Gasteiger partial charge is 0.0964 e. The van der Waals surface area contributed by atoms with Crippen molar-refractivity contribution in [2.45, 2.75) is 17.7 Å². The first-order chi connectivity index (χ1) is 7.24. The van der Waals surface area contributed by atoms with E-state index in [1.807, 2.05) is 25.3 Å². The lowest BCUT2D eigenvalue weighted by Gasteiger charge is -1.98. The molecule has 0 atom stereocenters. The molecular weight excluding hydrogens is 226 g/mol. The molecule has 5 heteroatoms. The van der Waals surface area contributed by atoms with Crippen LogP contribution in [0.5, 0.6) is 0 Å². The molecule has 2 rings (SSSR count). The predicted octanol–water partition coefficient (Wildman–Crippen LogP) is 2.72. The first kappa shape index (κ1) is 10.4. The number of hydrogen-bond donors (Lipinski definition) is 1. The highest BCUT2D eigenvalue weighted by atomic mass is 32.2. The summed E-state index contributed by atoms with van der Waals surface area (Å²) in [5.41, 5.74) is 6.26. The number of thioether (sulfide) groups is 1. The van der Waals surface area contributed by atoms with Crippen molar-refractivity contribution in [1.29, 1.82) is 0 Å². The van der Waals surface area contributed by atoms with Crippen LogP contribution < -0.4 is 5.73 Å². The second kappa shape index (κ2) is 4.63. The predicted molar refractivity (Wildman–Crippen MR) is 65.1 cm³/mol. The van der Waals surface area contributed by atoms with Crippen molar-refractivity contribution < 1.29 is 0 Å². The number of anilines is 1. The molecule has 2 N–H and O–H groups in total. The summed E-state index contributed by atoms with van der Waals surface area (Å²) in [5.74, 6) is 0.919. The van der Waals surface area contributed by atoms with E-state index in [2.05, 4.69) is 9.97 Å². The summed E-state index contributed by atoms with van der Waals surface area (Å²) in [6, 6.07) is 3.81. The molecule has 15 heavy (non-hydrogen) atoms. The van der Waals surface area contributed by atoms with Gasteiger partial charge < -0.3 is 5.73 Å². The largest absolute Gasteiger partial charge is 0.397 e. The summed E-state index contributed by atoms with van der Waals surface area (Å²) >= 11 is 3.43. The average Bonchev–Trinajstić information content (AvgIpc) is 2.64. The molecule has 0 aliphatic rings. The molecule has 0 radical (unpaired) electrons. The molecule has 2 aromatic heterocycles. The van der Waals surface area contributed by atoms with Gasteiger partial charge in [-0.2, -0.15) is 0 Å². The van der Waals surface area contributed by atoms with Gasteiger partial charge in [0.25, 0.3) is 0 Å². The summed E-state index contributed by atoms with van der Waals surface area (Å²) in [7, 11) is 0. The molecule has 0 saturated heterocycles. The van der Waals surface area contributed by atoms with Gasteiger partial charge in [-0.25, -0.2) is 9.97 Å².